The molecule has 1 aromatic carbocycles. The molecular formula is C27H33FN6O7S. The number of hydrogen-bond donors (Lipinski definition) is 3. The summed E-state index contributed by atoms with van der Waals surface area (Å²) in [4.78, 5) is 31.6. The van der Waals surface area contributed by atoms with E-state index in [1.807, 2.05) is 0 Å². The molecule has 2 amide bonds. The van der Waals surface area contributed by atoms with Crippen molar-refractivity contribution < 1.29 is 38.4 Å². The van der Waals surface area contributed by atoms with Crippen LogP contribution in [0.1, 0.15) is 40.4 Å². The number of carbonyl (C=O) groups excluding carboxylic acids is 2. The van der Waals surface area contributed by atoms with Gasteiger partial charge in [0.2, 0.25) is 12.3 Å². The van der Waals surface area contributed by atoms with Crippen LogP contribution in [-0.4, -0.2) is 106 Å². The highest BCUT2D eigenvalue weighted by Gasteiger charge is 2.46. The van der Waals surface area contributed by atoms with E-state index in [0.717, 1.165) is 0 Å². The number of aliphatic hydroxyl groups is 2. The smallest absolute Gasteiger partial charge is 0.261 e. The predicted octanol–water partition coefficient (Wildman–Crippen LogP) is 1.68. The number of likely N-dealkylation sites (N-methyl/N-ethyl adjacent to an activating group) is 1. The Bertz CT molecular complexity index is 1420. The first-order valence-corrected chi connectivity index (χ1v) is 14.2. The molecule has 4 atom stereocenters. The number of aromatic nitrogens is 3. The van der Waals surface area contributed by atoms with Gasteiger partial charge in [-0.3, -0.25) is 14.5 Å². The van der Waals surface area contributed by atoms with E-state index >= 15 is 0 Å². The summed E-state index contributed by atoms with van der Waals surface area (Å²) in [5.41, 5.74) is 1.44. The number of aliphatic hydroxyl groups excluding tert-OH is 2. The fourth-order valence-electron chi connectivity index (χ4n) is 5.08. The quantitative estimate of drug-likeness (QED) is 0.279. The van der Waals surface area contributed by atoms with Crippen LogP contribution in [0.25, 0.3) is 5.00 Å². The average Bonchev–Trinajstić information content (AvgIpc) is 3.71. The van der Waals surface area contributed by atoms with Crippen LogP contribution in [0.4, 0.5) is 9.39 Å². The van der Waals surface area contributed by atoms with Crippen molar-refractivity contribution >= 4 is 28.2 Å². The molecule has 0 radical (unpaired) electrons. The Balaban J connectivity index is 1.46. The zero-order chi connectivity index (χ0) is 30.0. The third-order valence-corrected chi connectivity index (χ3v) is 8.53. The number of halogens is 1. The lowest BCUT2D eigenvalue weighted by Gasteiger charge is -2.39. The summed E-state index contributed by atoms with van der Waals surface area (Å²) < 4.78 is 32.0. The number of likely N-dealkylation sites (tertiary alicyclic amines) is 1. The normalized spacial score (nSPS) is 20.0. The molecule has 0 aliphatic carbocycles. The van der Waals surface area contributed by atoms with Gasteiger partial charge in [-0.25, -0.2) is 4.39 Å². The van der Waals surface area contributed by atoms with Crippen molar-refractivity contribution in [3.05, 3.63) is 53.1 Å². The first-order chi connectivity index (χ1) is 20.2. The first kappa shape index (κ1) is 29.8. The summed E-state index contributed by atoms with van der Waals surface area (Å²) in [7, 11) is 3.13. The minimum absolute atomic E-state index is 0.0244. The third-order valence-electron chi connectivity index (χ3n) is 7.34. The molecule has 13 nitrogen and oxygen atoms in total. The summed E-state index contributed by atoms with van der Waals surface area (Å²) in [6, 6.07) is 3.23. The number of rotatable bonds is 12. The van der Waals surface area contributed by atoms with E-state index in [4.69, 9.17) is 14.2 Å². The summed E-state index contributed by atoms with van der Waals surface area (Å²) in [5.74, 6) is -0.735. The summed E-state index contributed by atoms with van der Waals surface area (Å²) in [6.45, 7) is 1.71. The predicted molar refractivity (Wildman–Crippen MR) is 149 cm³/mol. The van der Waals surface area contributed by atoms with Gasteiger partial charge in [0.25, 0.3) is 5.91 Å². The molecule has 0 saturated carbocycles. The van der Waals surface area contributed by atoms with Crippen molar-refractivity contribution in [1.29, 1.82) is 0 Å². The van der Waals surface area contributed by atoms with Crippen LogP contribution in [0.5, 0.6) is 5.75 Å². The SMILES string of the molecule is COc1ccc(F)cc1[C@H](COC1Nc2sc(-n3nccn3)c(C)c2C(=O)N1[C@H]1CCN(C)C1=O)OCCC(O)CO. The number of amides is 2. The fourth-order valence-corrected chi connectivity index (χ4v) is 6.21. The van der Waals surface area contributed by atoms with Gasteiger partial charge in [0, 0.05) is 24.7 Å². The highest BCUT2D eigenvalue weighted by atomic mass is 32.1. The number of nitrogens with one attached hydrogen (secondary N) is 1. The summed E-state index contributed by atoms with van der Waals surface area (Å²) in [6.07, 6.45) is 0.706. The van der Waals surface area contributed by atoms with E-state index in [9.17, 15) is 24.2 Å². The van der Waals surface area contributed by atoms with Gasteiger partial charge in [0.1, 0.15) is 33.7 Å². The van der Waals surface area contributed by atoms with Gasteiger partial charge in [-0.05, 0) is 38.0 Å². The largest absolute Gasteiger partial charge is 0.496 e. The van der Waals surface area contributed by atoms with Crippen molar-refractivity contribution in [3.8, 4) is 10.8 Å². The Kier molecular flexibility index (Phi) is 9.03. The topological polar surface area (TPSA) is 152 Å². The van der Waals surface area contributed by atoms with Crippen LogP contribution < -0.4 is 10.1 Å². The molecule has 3 aromatic rings. The minimum Gasteiger partial charge on any atom is -0.496 e. The summed E-state index contributed by atoms with van der Waals surface area (Å²) in [5, 5.41) is 31.8. The average molecular weight is 605 g/mol. The van der Waals surface area contributed by atoms with Crippen LogP contribution >= 0.6 is 11.3 Å². The van der Waals surface area contributed by atoms with Crippen LogP contribution in [-0.2, 0) is 14.3 Å². The standard InChI is InChI=1S/C27H33FN6O7S/c1-15-22-23(42-26(15)34-29-8-9-30-34)31-27(33(25(22)38)19-6-10-32(2)24(19)37)41-14-21(40-11-7-17(36)13-35)18-12-16(28)4-5-20(18)39-3/h4-5,8-9,12,17,19,21,27,31,35-36H,6-7,10-11,13-14H2,1-3H3/t17?,19-,21-,27?/m0/s1. The Labute approximate surface area is 245 Å². The van der Waals surface area contributed by atoms with Crippen molar-refractivity contribution in [1.82, 2.24) is 24.8 Å². The van der Waals surface area contributed by atoms with Gasteiger partial charge in [0.05, 0.1) is 51.0 Å². The lowest BCUT2D eigenvalue weighted by Crippen LogP contribution is -2.57. The molecule has 2 unspecified atom stereocenters. The van der Waals surface area contributed by atoms with Gasteiger partial charge in [-0.15, -0.1) is 4.80 Å². The van der Waals surface area contributed by atoms with Gasteiger partial charge in [-0.2, -0.15) is 10.2 Å². The molecule has 4 heterocycles. The second-order valence-electron chi connectivity index (χ2n) is 10.0. The van der Waals surface area contributed by atoms with Gasteiger partial charge in [0.15, 0.2) is 0 Å². The minimum atomic E-state index is -1.06. The molecule has 0 bridgehead atoms. The van der Waals surface area contributed by atoms with E-state index in [1.54, 1.807) is 31.3 Å². The first-order valence-electron chi connectivity index (χ1n) is 13.4. The maximum Gasteiger partial charge on any atom is 0.261 e. The van der Waals surface area contributed by atoms with E-state index in [-0.39, 0.29) is 31.4 Å². The number of benzene rings is 1. The molecule has 5 rings (SSSR count). The number of thiophene rings is 1. The Morgan fingerprint density at radius 3 is 2.69 bits per heavy atom. The third kappa shape index (κ3) is 5.83. The lowest BCUT2D eigenvalue weighted by molar-refractivity contribution is -0.136. The van der Waals surface area contributed by atoms with E-state index in [2.05, 4.69) is 15.5 Å². The molecule has 2 aliphatic rings. The van der Waals surface area contributed by atoms with E-state index in [0.29, 0.717) is 45.4 Å². The maximum atomic E-state index is 14.3. The van der Waals surface area contributed by atoms with Crippen molar-refractivity contribution in [2.45, 2.75) is 44.4 Å². The number of hydrogen-bond acceptors (Lipinski definition) is 11. The number of methoxy groups -OCH3 is 1. The Hall–Kier alpha value is -3.63. The van der Waals surface area contributed by atoms with Crippen LogP contribution in [0, 0.1) is 12.7 Å². The lowest BCUT2D eigenvalue weighted by atomic mass is 10.1. The van der Waals surface area contributed by atoms with E-state index in [1.165, 1.54) is 46.3 Å². The fraction of sp³-hybridized carbons (Fsp3) is 0.481. The van der Waals surface area contributed by atoms with Gasteiger partial charge >= 0.3 is 0 Å². The number of nitrogens with zero attached hydrogens (tertiary/aromatic N) is 5. The maximum absolute atomic E-state index is 14.3. The molecule has 0 spiro atoms. The molecule has 2 aliphatic heterocycles. The van der Waals surface area contributed by atoms with Crippen molar-refractivity contribution in [3.63, 3.8) is 0 Å². The van der Waals surface area contributed by atoms with Crippen LogP contribution in [0.15, 0.2) is 30.6 Å². The van der Waals surface area contributed by atoms with E-state index < -0.39 is 37.0 Å². The van der Waals surface area contributed by atoms with Crippen LogP contribution in [0.3, 0.4) is 0 Å². The number of ether oxygens (including phenoxy) is 3. The molecule has 1 saturated heterocycles. The van der Waals surface area contributed by atoms with Crippen LogP contribution in [0.2, 0.25) is 0 Å². The number of fused-ring (bicyclic) bond motifs is 1. The molecule has 42 heavy (non-hydrogen) atoms. The molecule has 1 fully saturated rings. The Morgan fingerprint density at radius 2 is 2.02 bits per heavy atom. The molecule has 226 valence electrons. The molecule has 3 N–H and O–H groups in total. The Morgan fingerprint density at radius 1 is 1.26 bits per heavy atom. The number of carbonyl (C=O) groups is 2. The zero-order valence-electron chi connectivity index (χ0n) is 23.4. The highest BCUT2D eigenvalue weighted by molar-refractivity contribution is 7.19. The monoisotopic (exact) mass is 604 g/mol. The van der Waals surface area contributed by atoms with Gasteiger partial charge < -0.3 is 34.6 Å². The van der Waals surface area contributed by atoms with Crippen molar-refractivity contribution in [2.75, 3.05) is 45.8 Å². The highest BCUT2D eigenvalue weighted by Crippen LogP contribution is 2.41. The van der Waals surface area contributed by atoms with Gasteiger partial charge in [-0.1, -0.05) is 11.3 Å². The number of anilines is 1. The van der Waals surface area contributed by atoms with Crippen molar-refractivity contribution in [2.24, 2.45) is 0 Å². The second kappa shape index (κ2) is 12.7. The zero-order valence-corrected chi connectivity index (χ0v) is 24.2. The molecule has 2 aromatic heterocycles. The molecule has 15 heteroatoms. The second-order valence-corrected chi connectivity index (χ2v) is 11.0. The molecular weight excluding hydrogens is 571 g/mol. The summed E-state index contributed by atoms with van der Waals surface area (Å²) >= 11 is 1.28.